The van der Waals surface area contributed by atoms with Crippen molar-refractivity contribution in [3.63, 3.8) is 0 Å². The van der Waals surface area contributed by atoms with Crippen LogP contribution in [-0.4, -0.2) is 5.88 Å². The second kappa shape index (κ2) is 10.8. The molecule has 0 heterocycles. The minimum Gasteiger partial charge on any atom is -0.127 e. The van der Waals surface area contributed by atoms with Gasteiger partial charge in [0.1, 0.15) is 0 Å². The predicted molar refractivity (Wildman–Crippen MR) is 34.9 cm³/mol. The van der Waals surface area contributed by atoms with Gasteiger partial charge in [0, 0.05) is 25.4 Å². The molecule has 0 saturated heterocycles. The van der Waals surface area contributed by atoms with E-state index >= 15 is 0 Å². The van der Waals surface area contributed by atoms with Crippen LogP contribution < -0.4 is 0 Å². The fraction of sp³-hybridized carbons (Fsp3) is 1.00. The number of hydrogen-bond donors (Lipinski definition) is 0. The Morgan fingerprint density at radius 3 is 2.12 bits per heavy atom. The molecule has 0 aliphatic rings. The van der Waals surface area contributed by atoms with E-state index in [-0.39, 0.29) is 19.5 Å². The van der Waals surface area contributed by atoms with Crippen LogP contribution in [0.2, 0.25) is 0 Å². The molecule has 0 radical (unpaired) electrons. The van der Waals surface area contributed by atoms with Crippen molar-refractivity contribution >= 4 is 11.6 Å². The van der Waals surface area contributed by atoms with Crippen LogP contribution in [0, 0.1) is 0 Å². The van der Waals surface area contributed by atoms with Crippen LogP contribution in [0.4, 0.5) is 0 Å². The van der Waals surface area contributed by atoms with Gasteiger partial charge in [-0.25, -0.2) is 0 Å². The molecule has 0 spiro atoms. The van der Waals surface area contributed by atoms with Crippen molar-refractivity contribution in [2.75, 3.05) is 5.88 Å². The zero-order valence-corrected chi connectivity index (χ0v) is 9.34. The van der Waals surface area contributed by atoms with Crippen molar-refractivity contribution in [1.82, 2.24) is 0 Å². The predicted octanol–water partition coefficient (Wildman–Crippen LogP) is 2.80. The van der Waals surface area contributed by atoms with Gasteiger partial charge in [-0.2, -0.15) is 0 Å². The molecular weight excluding hydrogens is 173 g/mol. The topological polar surface area (TPSA) is 0 Å². The smallest absolute Gasteiger partial charge is 0.0223 e. The molecule has 0 bridgehead atoms. The summed E-state index contributed by atoms with van der Waals surface area (Å²) < 4.78 is 0. The van der Waals surface area contributed by atoms with E-state index in [0.29, 0.717) is 0 Å². The molecule has 0 aromatic carbocycles. The average molecular weight is 186 g/mol. The number of hydrogen-bond acceptors (Lipinski definition) is 0. The quantitative estimate of drug-likeness (QED) is 0.359. The average Bonchev–Trinajstić information content (AvgIpc) is 1.69. The molecule has 0 fully saturated rings. The summed E-state index contributed by atoms with van der Waals surface area (Å²) in [6.45, 7) is 2.20. The first-order valence-corrected chi connectivity index (χ1v) is 3.51. The minimum atomic E-state index is 0. The van der Waals surface area contributed by atoms with Gasteiger partial charge in [0.15, 0.2) is 0 Å². The maximum absolute atomic E-state index is 5.44. The Labute approximate surface area is 69.8 Å². The first-order chi connectivity index (χ1) is 3.41. The van der Waals surface area contributed by atoms with Crippen LogP contribution in [0.5, 0.6) is 0 Å². The molecular formula is C6H13ClZn. The molecule has 0 rings (SSSR count). The van der Waals surface area contributed by atoms with E-state index in [4.69, 9.17) is 11.6 Å². The van der Waals surface area contributed by atoms with E-state index in [0.717, 1.165) is 5.88 Å². The van der Waals surface area contributed by atoms with Crippen molar-refractivity contribution in [3.8, 4) is 0 Å². The Kier molecular flexibility index (Phi) is 15.8. The largest absolute Gasteiger partial charge is 0.127 e. The van der Waals surface area contributed by atoms with Crippen molar-refractivity contribution < 1.29 is 19.5 Å². The maximum Gasteiger partial charge on any atom is 0.0223 e. The third-order valence-electron chi connectivity index (χ3n) is 0.987. The van der Waals surface area contributed by atoms with Gasteiger partial charge in [-0.15, -0.1) is 11.6 Å². The standard InChI is InChI=1S/C6H13Cl.Zn/c1-2-3-4-5-6-7;/h2-6H2,1H3;. The van der Waals surface area contributed by atoms with Gasteiger partial charge >= 0.3 is 0 Å². The molecule has 0 nitrogen and oxygen atoms in total. The summed E-state index contributed by atoms with van der Waals surface area (Å²) in [5.41, 5.74) is 0. The van der Waals surface area contributed by atoms with E-state index < -0.39 is 0 Å². The minimum absolute atomic E-state index is 0. The number of rotatable bonds is 4. The van der Waals surface area contributed by atoms with Crippen LogP contribution >= 0.6 is 11.6 Å². The summed E-state index contributed by atoms with van der Waals surface area (Å²) in [7, 11) is 0. The van der Waals surface area contributed by atoms with Crippen molar-refractivity contribution in [3.05, 3.63) is 0 Å². The molecule has 2 heteroatoms. The summed E-state index contributed by atoms with van der Waals surface area (Å²) in [6.07, 6.45) is 5.14. The van der Waals surface area contributed by atoms with E-state index in [1.165, 1.54) is 25.7 Å². The normalized spacial score (nSPS) is 8.25. The Morgan fingerprint density at radius 1 is 1.12 bits per heavy atom. The monoisotopic (exact) mass is 184 g/mol. The molecule has 0 aromatic heterocycles. The zero-order chi connectivity index (χ0) is 5.54. The Hall–Kier alpha value is 0.913. The number of alkyl halides is 1. The van der Waals surface area contributed by atoms with Gasteiger partial charge in [0.05, 0.1) is 0 Å². The van der Waals surface area contributed by atoms with Crippen molar-refractivity contribution in [2.45, 2.75) is 32.6 Å². The second-order valence-electron chi connectivity index (χ2n) is 1.75. The van der Waals surface area contributed by atoms with E-state index in [1.807, 2.05) is 0 Å². The third-order valence-corrected chi connectivity index (χ3v) is 1.25. The summed E-state index contributed by atoms with van der Waals surface area (Å²) in [5, 5.41) is 0. The Morgan fingerprint density at radius 2 is 1.75 bits per heavy atom. The zero-order valence-electron chi connectivity index (χ0n) is 5.62. The maximum atomic E-state index is 5.44. The summed E-state index contributed by atoms with van der Waals surface area (Å²) in [4.78, 5) is 0. The van der Waals surface area contributed by atoms with E-state index in [1.54, 1.807) is 0 Å². The molecule has 0 atom stereocenters. The molecule has 8 heavy (non-hydrogen) atoms. The molecule has 0 N–H and O–H groups in total. The fourth-order valence-corrected chi connectivity index (χ4v) is 0.710. The number of halogens is 1. The van der Waals surface area contributed by atoms with Crippen molar-refractivity contribution in [1.29, 1.82) is 0 Å². The van der Waals surface area contributed by atoms with Crippen LogP contribution in [-0.2, 0) is 19.5 Å². The van der Waals surface area contributed by atoms with Crippen LogP contribution in [0.25, 0.3) is 0 Å². The summed E-state index contributed by atoms with van der Waals surface area (Å²) in [6, 6.07) is 0. The van der Waals surface area contributed by atoms with Gasteiger partial charge in [-0.05, 0) is 6.42 Å². The Balaban J connectivity index is 0. The van der Waals surface area contributed by atoms with Crippen LogP contribution in [0.15, 0.2) is 0 Å². The van der Waals surface area contributed by atoms with Gasteiger partial charge in [-0.1, -0.05) is 26.2 Å². The molecule has 46 valence electrons. The van der Waals surface area contributed by atoms with Crippen molar-refractivity contribution in [2.24, 2.45) is 0 Å². The summed E-state index contributed by atoms with van der Waals surface area (Å²) in [5.74, 6) is 0.833. The SMILES string of the molecule is CCCCCCCl.[Zn]. The molecule has 0 aliphatic heterocycles. The number of unbranched alkanes of at least 4 members (excludes halogenated alkanes) is 3. The van der Waals surface area contributed by atoms with E-state index in [2.05, 4.69) is 6.92 Å². The molecule has 0 aliphatic carbocycles. The second-order valence-corrected chi connectivity index (χ2v) is 2.13. The first kappa shape index (κ1) is 11.7. The third kappa shape index (κ3) is 10.0. The van der Waals surface area contributed by atoms with Gasteiger partial charge in [0.25, 0.3) is 0 Å². The fourth-order valence-electron chi connectivity index (χ4n) is 0.521. The molecule has 0 unspecified atom stereocenters. The van der Waals surface area contributed by atoms with Gasteiger partial charge < -0.3 is 0 Å². The van der Waals surface area contributed by atoms with Crippen LogP contribution in [0.3, 0.4) is 0 Å². The molecule has 0 saturated carbocycles. The molecule has 0 amide bonds. The van der Waals surface area contributed by atoms with Gasteiger partial charge in [0.2, 0.25) is 0 Å². The van der Waals surface area contributed by atoms with E-state index in [9.17, 15) is 0 Å². The first-order valence-electron chi connectivity index (χ1n) is 2.97. The summed E-state index contributed by atoms with van der Waals surface area (Å²) >= 11 is 5.44. The van der Waals surface area contributed by atoms with Gasteiger partial charge in [-0.3, -0.25) is 0 Å². The Bertz CT molecular complexity index is 27.7. The van der Waals surface area contributed by atoms with Crippen LogP contribution in [0.1, 0.15) is 32.6 Å². The molecule has 0 aromatic rings.